The van der Waals surface area contributed by atoms with E-state index in [-0.39, 0.29) is 30.8 Å². The average Bonchev–Trinajstić information content (AvgIpc) is 3.37. The van der Waals surface area contributed by atoms with Crippen LogP contribution in [0.25, 0.3) is 0 Å². The first-order valence-electron chi connectivity index (χ1n) is 11.2. The van der Waals surface area contributed by atoms with Gasteiger partial charge in [0.1, 0.15) is 16.3 Å². The third-order valence-electron chi connectivity index (χ3n) is 6.34. The molecule has 1 aliphatic heterocycles. The Morgan fingerprint density at radius 2 is 2.03 bits per heavy atom. The molecule has 1 aromatic carbocycles. The van der Waals surface area contributed by atoms with Gasteiger partial charge in [0, 0.05) is 29.7 Å². The van der Waals surface area contributed by atoms with Crippen LogP contribution in [0.2, 0.25) is 0 Å². The van der Waals surface area contributed by atoms with Crippen molar-refractivity contribution in [3.8, 4) is 5.75 Å². The third-order valence-corrected chi connectivity index (χ3v) is 7.19. The van der Waals surface area contributed by atoms with Crippen molar-refractivity contribution in [3.05, 3.63) is 45.9 Å². The normalized spacial score (nSPS) is 23.2. The number of thiazole rings is 1. The molecule has 0 bridgehead atoms. The van der Waals surface area contributed by atoms with Crippen molar-refractivity contribution in [3.63, 3.8) is 0 Å². The van der Waals surface area contributed by atoms with E-state index in [2.05, 4.69) is 25.8 Å². The number of nitrogens with zero attached hydrogens (tertiary/aromatic N) is 2. The van der Waals surface area contributed by atoms with Gasteiger partial charge in [-0.2, -0.15) is 0 Å². The average molecular weight is 475 g/mol. The van der Waals surface area contributed by atoms with E-state index in [1.807, 2.05) is 19.9 Å². The van der Waals surface area contributed by atoms with Crippen LogP contribution in [0.1, 0.15) is 74.4 Å². The number of aromatic nitrogens is 1. The van der Waals surface area contributed by atoms with Crippen LogP contribution in [0, 0.1) is 11.8 Å². The van der Waals surface area contributed by atoms with E-state index in [0.717, 1.165) is 5.56 Å². The number of methoxy groups -OCH3 is 1. The Bertz CT molecular complexity index is 999. The summed E-state index contributed by atoms with van der Waals surface area (Å²) in [7, 11) is 1.56. The fourth-order valence-corrected chi connectivity index (χ4v) is 5.84. The van der Waals surface area contributed by atoms with Crippen molar-refractivity contribution < 1.29 is 24.5 Å². The number of carbonyl (C=O) groups excluding carboxylic acids is 1. The van der Waals surface area contributed by atoms with Crippen molar-refractivity contribution >= 4 is 23.2 Å². The molecule has 0 saturated carbocycles. The second-order valence-corrected chi connectivity index (χ2v) is 11.2. The molecule has 3 atom stereocenters. The SMILES string of the molecule is COc1cc(C(=O)N2[C@@H](c3nccs3)[C@H](CO)C[C@@]2(CC(C)C)C(=O)O)ccc1C(C)(C)C. The van der Waals surface area contributed by atoms with Gasteiger partial charge in [-0.05, 0) is 41.9 Å². The highest BCUT2D eigenvalue weighted by Crippen LogP contribution is 2.50. The summed E-state index contributed by atoms with van der Waals surface area (Å²) in [5.74, 6) is -1.26. The molecule has 2 N–H and O–H groups in total. The van der Waals surface area contributed by atoms with Crippen molar-refractivity contribution in [1.29, 1.82) is 0 Å². The van der Waals surface area contributed by atoms with E-state index >= 15 is 0 Å². The quantitative estimate of drug-likeness (QED) is 0.612. The van der Waals surface area contributed by atoms with Crippen LogP contribution < -0.4 is 4.74 Å². The molecule has 3 rings (SSSR count). The van der Waals surface area contributed by atoms with Gasteiger partial charge < -0.3 is 19.8 Å². The van der Waals surface area contributed by atoms with Gasteiger partial charge in [-0.25, -0.2) is 9.78 Å². The summed E-state index contributed by atoms with van der Waals surface area (Å²) in [5, 5.41) is 23.1. The number of ether oxygens (including phenoxy) is 1. The molecule has 7 nitrogen and oxygen atoms in total. The zero-order chi connectivity index (χ0) is 24.6. The minimum Gasteiger partial charge on any atom is -0.496 e. The molecule has 8 heteroatoms. The third kappa shape index (κ3) is 4.64. The first kappa shape index (κ1) is 25.2. The predicted octanol–water partition coefficient (Wildman–Crippen LogP) is 4.51. The fraction of sp³-hybridized carbons (Fsp3) is 0.560. The molecule has 1 aromatic heterocycles. The number of aliphatic hydroxyl groups excluding tert-OH is 1. The number of aliphatic carboxylic acids is 1. The summed E-state index contributed by atoms with van der Waals surface area (Å²) < 4.78 is 5.59. The minimum absolute atomic E-state index is 0.0311. The standard InChI is InChI=1S/C25H34N2O5S/c1-15(2)12-25(23(30)31)13-17(14-28)20(21-26-9-10-33-21)27(25)22(29)16-7-8-18(24(3,4)5)19(11-16)32-6/h7-11,15,17,20,28H,12-14H2,1-6H3,(H,30,31)/t17-,20+,25-/m0/s1. The maximum Gasteiger partial charge on any atom is 0.329 e. The molecule has 0 unspecified atom stereocenters. The van der Waals surface area contributed by atoms with E-state index in [4.69, 9.17) is 4.74 Å². The summed E-state index contributed by atoms with van der Waals surface area (Å²) in [4.78, 5) is 32.7. The molecular weight excluding hydrogens is 440 g/mol. The zero-order valence-corrected chi connectivity index (χ0v) is 21.0. The van der Waals surface area contributed by atoms with Gasteiger partial charge in [0.15, 0.2) is 0 Å². The van der Waals surface area contributed by atoms with Crippen LogP contribution in [-0.2, 0) is 10.2 Å². The van der Waals surface area contributed by atoms with E-state index in [9.17, 15) is 19.8 Å². The Labute approximate surface area is 199 Å². The van der Waals surface area contributed by atoms with Crippen LogP contribution >= 0.6 is 11.3 Å². The summed E-state index contributed by atoms with van der Waals surface area (Å²) >= 11 is 1.37. The molecule has 180 valence electrons. The van der Waals surface area contributed by atoms with Crippen molar-refractivity contribution in [2.24, 2.45) is 11.8 Å². The smallest absolute Gasteiger partial charge is 0.329 e. The topological polar surface area (TPSA) is 100.0 Å². The van der Waals surface area contributed by atoms with E-state index < -0.39 is 29.4 Å². The molecule has 33 heavy (non-hydrogen) atoms. The number of aliphatic hydroxyl groups is 1. The van der Waals surface area contributed by atoms with Crippen LogP contribution in [0.15, 0.2) is 29.8 Å². The van der Waals surface area contributed by atoms with E-state index in [0.29, 0.717) is 16.3 Å². The first-order valence-corrected chi connectivity index (χ1v) is 12.1. The summed E-state index contributed by atoms with van der Waals surface area (Å²) in [6.07, 6.45) is 2.09. The van der Waals surface area contributed by atoms with Gasteiger partial charge in [-0.15, -0.1) is 11.3 Å². The van der Waals surface area contributed by atoms with E-state index in [1.54, 1.807) is 30.8 Å². The number of carbonyl (C=O) groups is 2. The van der Waals surface area contributed by atoms with Gasteiger partial charge in [0.05, 0.1) is 13.2 Å². The Hall–Kier alpha value is -2.45. The Kier molecular flexibility index (Phi) is 7.19. The highest BCUT2D eigenvalue weighted by molar-refractivity contribution is 7.09. The number of hydrogen-bond acceptors (Lipinski definition) is 6. The number of carboxylic acid groups (broad SMARTS) is 1. The number of amides is 1. The summed E-state index contributed by atoms with van der Waals surface area (Å²) in [6.45, 7) is 9.85. The molecule has 1 saturated heterocycles. The lowest BCUT2D eigenvalue weighted by molar-refractivity contribution is -0.150. The molecule has 0 radical (unpaired) electrons. The largest absolute Gasteiger partial charge is 0.496 e. The van der Waals surface area contributed by atoms with Crippen LogP contribution in [0.3, 0.4) is 0 Å². The maximum atomic E-state index is 14.0. The number of benzene rings is 1. The number of hydrogen-bond donors (Lipinski definition) is 2. The molecule has 2 aromatic rings. The second-order valence-electron chi connectivity index (χ2n) is 10.2. The molecule has 0 spiro atoms. The Morgan fingerprint density at radius 1 is 1.33 bits per heavy atom. The summed E-state index contributed by atoms with van der Waals surface area (Å²) in [5.41, 5.74) is -0.312. The van der Waals surface area contributed by atoms with Gasteiger partial charge in [0.25, 0.3) is 5.91 Å². The number of carboxylic acids is 1. The lowest BCUT2D eigenvalue weighted by Gasteiger charge is -2.39. The lowest BCUT2D eigenvalue weighted by atomic mass is 9.83. The molecule has 1 aliphatic rings. The van der Waals surface area contributed by atoms with Gasteiger partial charge in [-0.3, -0.25) is 4.79 Å². The number of rotatable bonds is 7. The van der Waals surface area contributed by atoms with Crippen LogP contribution in [0.5, 0.6) is 5.75 Å². The molecule has 2 heterocycles. The molecular formula is C25H34N2O5S. The van der Waals surface area contributed by atoms with Gasteiger partial charge in [0.2, 0.25) is 0 Å². The fourth-order valence-electron chi connectivity index (χ4n) is 5.02. The lowest BCUT2D eigenvalue weighted by Crippen LogP contribution is -2.54. The maximum absolute atomic E-state index is 14.0. The summed E-state index contributed by atoms with van der Waals surface area (Å²) in [6, 6.07) is 4.68. The molecule has 0 aliphatic carbocycles. The predicted molar refractivity (Wildman–Crippen MR) is 128 cm³/mol. The monoisotopic (exact) mass is 474 g/mol. The van der Waals surface area contributed by atoms with E-state index in [1.165, 1.54) is 16.2 Å². The molecule has 1 fully saturated rings. The molecule has 1 amide bonds. The second kappa shape index (κ2) is 9.43. The van der Waals surface area contributed by atoms with Gasteiger partial charge in [-0.1, -0.05) is 40.7 Å². The number of likely N-dealkylation sites (tertiary alicyclic amines) is 1. The Balaban J connectivity index is 2.19. The zero-order valence-electron chi connectivity index (χ0n) is 20.2. The van der Waals surface area contributed by atoms with Gasteiger partial charge >= 0.3 is 5.97 Å². The Morgan fingerprint density at radius 3 is 2.52 bits per heavy atom. The van der Waals surface area contributed by atoms with Crippen molar-refractivity contribution in [2.45, 2.75) is 64.5 Å². The van der Waals surface area contributed by atoms with Crippen LogP contribution in [0.4, 0.5) is 0 Å². The van der Waals surface area contributed by atoms with Crippen molar-refractivity contribution in [2.75, 3.05) is 13.7 Å². The first-order chi connectivity index (χ1) is 15.5. The van der Waals surface area contributed by atoms with Crippen molar-refractivity contribution in [1.82, 2.24) is 9.88 Å². The highest BCUT2D eigenvalue weighted by atomic mass is 32.1. The van der Waals surface area contributed by atoms with Crippen LogP contribution in [-0.4, -0.2) is 51.2 Å². The minimum atomic E-state index is -1.44. The highest BCUT2D eigenvalue weighted by Gasteiger charge is 2.59.